The molecule has 1 aromatic carbocycles. The highest BCUT2D eigenvalue weighted by molar-refractivity contribution is 5.59. The van der Waals surface area contributed by atoms with Crippen LogP contribution in [-0.2, 0) is 0 Å². The molecule has 0 aliphatic heterocycles. The van der Waals surface area contributed by atoms with Gasteiger partial charge in [0.25, 0.3) is 0 Å². The molecule has 0 saturated carbocycles. The third-order valence-corrected chi connectivity index (χ3v) is 3.13. The lowest BCUT2D eigenvalue weighted by atomic mass is 10.1. The van der Waals surface area contributed by atoms with E-state index in [4.69, 9.17) is 0 Å². The van der Waals surface area contributed by atoms with Crippen LogP contribution < -0.4 is 5.43 Å². The van der Waals surface area contributed by atoms with Crippen molar-refractivity contribution in [1.82, 2.24) is 9.55 Å². The minimum atomic E-state index is -1.05. The van der Waals surface area contributed by atoms with Gasteiger partial charge in [0, 0.05) is 11.8 Å². The Hall–Kier alpha value is -3.15. The van der Waals surface area contributed by atoms with E-state index in [0.29, 0.717) is 11.5 Å². The van der Waals surface area contributed by atoms with Crippen molar-refractivity contribution in [1.29, 1.82) is 0 Å². The van der Waals surface area contributed by atoms with Gasteiger partial charge in [-0.05, 0) is 17.3 Å². The van der Waals surface area contributed by atoms with Crippen LogP contribution in [0.15, 0.2) is 70.9 Å². The van der Waals surface area contributed by atoms with Crippen LogP contribution in [0.25, 0.3) is 17.1 Å². The molecule has 0 bridgehead atoms. The fourth-order valence-electron chi connectivity index (χ4n) is 2.06. The molecule has 2 aromatic heterocycles. The summed E-state index contributed by atoms with van der Waals surface area (Å²) in [6.07, 6.45) is 2.14. The van der Waals surface area contributed by atoms with Crippen LogP contribution >= 0.6 is 0 Å². The number of aromatic nitrogens is 2. The Kier molecular flexibility index (Phi) is 3.57. The maximum atomic E-state index is 13.6. The lowest BCUT2D eigenvalue weighted by molar-refractivity contribution is 0.604. The van der Waals surface area contributed by atoms with Crippen molar-refractivity contribution >= 4 is 5.69 Å². The normalized spacial score (nSPS) is 10.4. The average molecular weight is 295 g/mol. The Bertz CT molecular complexity index is 891. The molecule has 0 amide bonds. The van der Waals surface area contributed by atoms with Gasteiger partial charge >= 0.3 is 0 Å². The standard InChI is InChI=1S/C16H10FN3O2/c17-12-9-20(10-14(19-22)16(12)21)15-8-4-7-13(18-15)11-5-2-1-3-6-11/h1-10H. The number of benzene rings is 1. The second-order valence-electron chi connectivity index (χ2n) is 4.57. The second-order valence-corrected chi connectivity index (χ2v) is 4.57. The highest BCUT2D eigenvalue weighted by Gasteiger charge is 2.10. The maximum absolute atomic E-state index is 13.6. The van der Waals surface area contributed by atoms with Crippen molar-refractivity contribution < 1.29 is 4.39 Å². The van der Waals surface area contributed by atoms with Crippen LogP contribution in [0.2, 0.25) is 0 Å². The highest BCUT2D eigenvalue weighted by atomic mass is 19.1. The van der Waals surface area contributed by atoms with E-state index < -0.39 is 16.9 Å². The first kappa shape index (κ1) is 13.8. The van der Waals surface area contributed by atoms with E-state index in [-0.39, 0.29) is 0 Å². The molecule has 0 radical (unpaired) electrons. The minimum absolute atomic E-state index is 0.380. The van der Waals surface area contributed by atoms with Crippen molar-refractivity contribution in [2.24, 2.45) is 5.18 Å². The van der Waals surface area contributed by atoms with Gasteiger partial charge in [-0.3, -0.25) is 4.79 Å². The van der Waals surface area contributed by atoms with Crippen LogP contribution in [0.3, 0.4) is 0 Å². The molecule has 0 aliphatic rings. The zero-order chi connectivity index (χ0) is 15.5. The third-order valence-electron chi connectivity index (χ3n) is 3.13. The third kappa shape index (κ3) is 2.54. The molecule has 0 fully saturated rings. The molecule has 0 aliphatic carbocycles. The number of rotatable bonds is 3. The molecular weight excluding hydrogens is 285 g/mol. The number of nitrogens with zero attached hydrogens (tertiary/aromatic N) is 3. The Labute approximate surface area is 124 Å². The zero-order valence-corrected chi connectivity index (χ0v) is 11.3. The van der Waals surface area contributed by atoms with Crippen molar-refractivity contribution in [2.45, 2.75) is 0 Å². The molecule has 0 unspecified atom stereocenters. The monoisotopic (exact) mass is 295 g/mol. The summed E-state index contributed by atoms with van der Waals surface area (Å²) in [5.74, 6) is -0.672. The van der Waals surface area contributed by atoms with Gasteiger partial charge in [-0.2, -0.15) is 0 Å². The van der Waals surface area contributed by atoms with E-state index >= 15 is 0 Å². The van der Waals surface area contributed by atoms with Crippen molar-refractivity contribution in [3.8, 4) is 17.1 Å². The Morgan fingerprint density at radius 1 is 1.00 bits per heavy atom. The Morgan fingerprint density at radius 3 is 2.50 bits per heavy atom. The summed E-state index contributed by atoms with van der Waals surface area (Å²) in [6, 6.07) is 14.7. The highest BCUT2D eigenvalue weighted by Crippen LogP contribution is 2.18. The quantitative estimate of drug-likeness (QED) is 0.695. The summed E-state index contributed by atoms with van der Waals surface area (Å²) < 4.78 is 14.8. The molecule has 0 atom stereocenters. The smallest absolute Gasteiger partial charge is 0.246 e. The van der Waals surface area contributed by atoms with Gasteiger partial charge in [-0.25, -0.2) is 9.37 Å². The second kappa shape index (κ2) is 5.69. The summed E-state index contributed by atoms with van der Waals surface area (Å²) in [4.78, 5) is 26.4. The molecule has 108 valence electrons. The van der Waals surface area contributed by atoms with Gasteiger partial charge in [0.15, 0.2) is 11.5 Å². The molecule has 3 rings (SSSR count). The van der Waals surface area contributed by atoms with Gasteiger partial charge in [-0.1, -0.05) is 36.4 Å². The molecule has 0 N–H and O–H groups in total. The molecule has 0 spiro atoms. The lowest BCUT2D eigenvalue weighted by Gasteiger charge is -2.08. The molecule has 22 heavy (non-hydrogen) atoms. The zero-order valence-electron chi connectivity index (χ0n) is 11.3. The Balaban J connectivity index is 2.12. The Morgan fingerprint density at radius 2 is 1.77 bits per heavy atom. The summed E-state index contributed by atoms with van der Waals surface area (Å²) in [7, 11) is 0. The first-order valence-electron chi connectivity index (χ1n) is 6.47. The SMILES string of the molecule is O=Nc1cn(-c2cccc(-c3ccccc3)n2)cc(F)c1=O. The van der Waals surface area contributed by atoms with Crippen molar-refractivity contribution in [2.75, 3.05) is 0 Å². The molecule has 6 heteroatoms. The van der Waals surface area contributed by atoms with E-state index in [1.165, 1.54) is 4.57 Å². The fraction of sp³-hybridized carbons (Fsp3) is 0. The van der Waals surface area contributed by atoms with Crippen LogP contribution in [0.1, 0.15) is 0 Å². The number of hydrogen-bond acceptors (Lipinski definition) is 4. The number of nitroso groups, excluding NO2 is 1. The minimum Gasteiger partial charge on any atom is -0.303 e. The van der Waals surface area contributed by atoms with Gasteiger partial charge in [-0.15, -0.1) is 4.91 Å². The van der Waals surface area contributed by atoms with Gasteiger partial charge < -0.3 is 4.57 Å². The van der Waals surface area contributed by atoms with E-state index in [1.807, 2.05) is 36.4 Å². The molecule has 2 heterocycles. The largest absolute Gasteiger partial charge is 0.303 e. The van der Waals surface area contributed by atoms with Crippen LogP contribution in [0.4, 0.5) is 10.1 Å². The number of halogens is 1. The maximum Gasteiger partial charge on any atom is 0.246 e. The summed E-state index contributed by atoms with van der Waals surface area (Å²) >= 11 is 0. The van der Waals surface area contributed by atoms with Crippen LogP contribution in [0.5, 0.6) is 0 Å². The van der Waals surface area contributed by atoms with E-state index in [1.54, 1.807) is 12.1 Å². The van der Waals surface area contributed by atoms with E-state index in [2.05, 4.69) is 10.2 Å². The predicted octanol–water partition coefficient (Wildman–Crippen LogP) is 3.44. The van der Waals surface area contributed by atoms with E-state index in [9.17, 15) is 14.1 Å². The number of pyridine rings is 2. The first-order chi connectivity index (χ1) is 10.7. The first-order valence-corrected chi connectivity index (χ1v) is 6.47. The van der Waals surface area contributed by atoms with Crippen LogP contribution in [-0.4, -0.2) is 9.55 Å². The molecule has 0 saturated heterocycles. The van der Waals surface area contributed by atoms with Gasteiger partial charge in [0.2, 0.25) is 5.43 Å². The van der Waals surface area contributed by atoms with Crippen molar-refractivity contribution in [3.63, 3.8) is 0 Å². The van der Waals surface area contributed by atoms with Crippen LogP contribution in [0, 0.1) is 10.7 Å². The summed E-state index contributed by atoms with van der Waals surface area (Å²) in [5.41, 5.74) is 0.0785. The molecule has 3 aromatic rings. The lowest BCUT2D eigenvalue weighted by Crippen LogP contribution is -2.11. The van der Waals surface area contributed by atoms with Gasteiger partial charge in [0.05, 0.1) is 11.9 Å². The average Bonchev–Trinajstić information content (AvgIpc) is 2.58. The van der Waals surface area contributed by atoms with Crippen molar-refractivity contribution in [3.05, 3.63) is 81.9 Å². The number of hydrogen-bond donors (Lipinski definition) is 0. The summed E-state index contributed by atoms with van der Waals surface area (Å²) in [6.45, 7) is 0. The van der Waals surface area contributed by atoms with Gasteiger partial charge in [0.1, 0.15) is 5.82 Å². The van der Waals surface area contributed by atoms with E-state index in [0.717, 1.165) is 18.0 Å². The molecule has 5 nitrogen and oxygen atoms in total. The fourth-order valence-corrected chi connectivity index (χ4v) is 2.06. The molecular formula is C16H10FN3O2. The predicted molar refractivity (Wildman–Crippen MR) is 80.7 cm³/mol. The summed E-state index contributed by atoms with van der Waals surface area (Å²) in [5, 5.41) is 2.55. The topological polar surface area (TPSA) is 64.3 Å².